The molecule has 0 aromatic heterocycles. The van der Waals surface area contributed by atoms with Crippen molar-refractivity contribution in [3.05, 3.63) is 35.9 Å². The largest absolute Gasteiger partial charge is 0.313 e. The maximum atomic E-state index is 3.57. The summed E-state index contributed by atoms with van der Waals surface area (Å²) in [7, 11) is 2.21. The van der Waals surface area contributed by atoms with Gasteiger partial charge < -0.3 is 10.2 Å². The molecule has 0 heterocycles. The molecule has 1 N–H and O–H groups in total. The maximum absolute atomic E-state index is 3.57. The molecule has 0 radical (unpaired) electrons. The molecule has 2 atom stereocenters. The number of likely N-dealkylation sites (N-methyl/N-ethyl adjacent to an activating group) is 1. The van der Waals surface area contributed by atoms with E-state index < -0.39 is 0 Å². The summed E-state index contributed by atoms with van der Waals surface area (Å²) in [4.78, 5) is 2.43. The van der Waals surface area contributed by atoms with Crippen LogP contribution >= 0.6 is 0 Å². The Kier molecular flexibility index (Phi) is 6.99. The highest BCUT2D eigenvalue weighted by Gasteiger charge is 2.09. The molecule has 0 amide bonds. The van der Waals surface area contributed by atoms with Crippen molar-refractivity contribution >= 4 is 0 Å². The fraction of sp³-hybridized carbons (Fsp3) is 0.625. The predicted molar refractivity (Wildman–Crippen MR) is 80.0 cm³/mol. The predicted octanol–water partition coefficient (Wildman–Crippen LogP) is 2.94. The van der Waals surface area contributed by atoms with Gasteiger partial charge in [-0.25, -0.2) is 0 Å². The minimum Gasteiger partial charge on any atom is -0.313 e. The van der Waals surface area contributed by atoms with E-state index in [9.17, 15) is 0 Å². The van der Waals surface area contributed by atoms with Crippen LogP contribution in [0.3, 0.4) is 0 Å². The van der Waals surface area contributed by atoms with Crippen LogP contribution < -0.4 is 5.32 Å². The average molecular weight is 248 g/mol. The lowest BCUT2D eigenvalue weighted by Crippen LogP contribution is -2.41. The first-order valence-corrected chi connectivity index (χ1v) is 7.11. The van der Waals surface area contributed by atoms with Gasteiger partial charge in [0.25, 0.3) is 0 Å². The van der Waals surface area contributed by atoms with Crippen LogP contribution in [0.1, 0.15) is 32.8 Å². The summed E-state index contributed by atoms with van der Waals surface area (Å²) in [5, 5.41) is 3.57. The van der Waals surface area contributed by atoms with Crippen molar-refractivity contribution in [2.75, 3.05) is 20.1 Å². The number of hydrogen-bond donors (Lipinski definition) is 1. The Balaban J connectivity index is 2.25. The van der Waals surface area contributed by atoms with E-state index >= 15 is 0 Å². The van der Waals surface area contributed by atoms with Gasteiger partial charge in [0, 0.05) is 25.2 Å². The summed E-state index contributed by atoms with van der Waals surface area (Å²) < 4.78 is 0. The van der Waals surface area contributed by atoms with Gasteiger partial charge in [0.05, 0.1) is 0 Å². The summed E-state index contributed by atoms with van der Waals surface area (Å²) in [5.41, 5.74) is 1.42. The molecule has 0 spiro atoms. The Morgan fingerprint density at radius 1 is 1.17 bits per heavy atom. The van der Waals surface area contributed by atoms with Crippen LogP contribution in [0.15, 0.2) is 30.3 Å². The minimum absolute atomic E-state index is 0.586. The van der Waals surface area contributed by atoms with Gasteiger partial charge in [-0.2, -0.15) is 0 Å². The molecule has 0 aliphatic carbocycles. The molecule has 2 nitrogen and oxygen atoms in total. The Bertz CT molecular complexity index is 310. The highest BCUT2D eigenvalue weighted by atomic mass is 15.1. The van der Waals surface area contributed by atoms with E-state index in [1.54, 1.807) is 0 Å². The normalized spacial score (nSPS) is 14.7. The van der Waals surface area contributed by atoms with E-state index in [4.69, 9.17) is 0 Å². The molecule has 102 valence electrons. The van der Waals surface area contributed by atoms with Gasteiger partial charge in [0.2, 0.25) is 0 Å². The molecule has 1 rings (SSSR count). The van der Waals surface area contributed by atoms with Gasteiger partial charge in [-0.05, 0) is 39.3 Å². The van der Waals surface area contributed by atoms with Crippen molar-refractivity contribution < 1.29 is 0 Å². The van der Waals surface area contributed by atoms with Gasteiger partial charge in [-0.3, -0.25) is 0 Å². The molecule has 1 aromatic carbocycles. The van der Waals surface area contributed by atoms with Crippen molar-refractivity contribution in [3.63, 3.8) is 0 Å². The Labute approximate surface area is 112 Å². The van der Waals surface area contributed by atoms with E-state index in [1.165, 1.54) is 12.0 Å². The molecule has 1 aromatic rings. The Morgan fingerprint density at radius 3 is 2.44 bits per heavy atom. The second kappa shape index (κ2) is 8.28. The second-order valence-corrected chi connectivity index (χ2v) is 5.28. The van der Waals surface area contributed by atoms with Gasteiger partial charge in [0.1, 0.15) is 0 Å². The lowest BCUT2D eigenvalue weighted by molar-refractivity contribution is 0.248. The van der Waals surface area contributed by atoms with Crippen LogP contribution in [0, 0.1) is 0 Å². The van der Waals surface area contributed by atoms with Crippen LogP contribution in [-0.4, -0.2) is 37.1 Å². The van der Waals surface area contributed by atoms with Crippen molar-refractivity contribution in [2.45, 2.75) is 45.7 Å². The SMILES string of the molecule is CCC(C)NCC(C)N(C)CCc1ccccc1. The number of benzene rings is 1. The monoisotopic (exact) mass is 248 g/mol. The van der Waals surface area contributed by atoms with Gasteiger partial charge in [-0.15, -0.1) is 0 Å². The number of nitrogens with one attached hydrogen (secondary N) is 1. The molecular weight excluding hydrogens is 220 g/mol. The highest BCUT2D eigenvalue weighted by Crippen LogP contribution is 2.03. The van der Waals surface area contributed by atoms with Gasteiger partial charge in [0.15, 0.2) is 0 Å². The molecule has 0 saturated carbocycles. The highest BCUT2D eigenvalue weighted by molar-refractivity contribution is 5.14. The maximum Gasteiger partial charge on any atom is 0.0189 e. The molecule has 0 bridgehead atoms. The smallest absolute Gasteiger partial charge is 0.0189 e. The number of hydrogen-bond acceptors (Lipinski definition) is 2. The van der Waals surface area contributed by atoms with Crippen molar-refractivity contribution in [1.82, 2.24) is 10.2 Å². The quantitative estimate of drug-likeness (QED) is 0.761. The molecular formula is C16H28N2. The summed E-state index contributed by atoms with van der Waals surface area (Å²) in [6.07, 6.45) is 2.32. The molecule has 0 saturated heterocycles. The zero-order valence-corrected chi connectivity index (χ0v) is 12.3. The van der Waals surface area contributed by atoms with E-state index in [-0.39, 0.29) is 0 Å². The van der Waals surface area contributed by atoms with Crippen LogP contribution in [0.2, 0.25) is 0 Å². The Morgan fingerprint density at radius 2 is 1.83 bits per heavy atom. The van der Waals surface area contributed by atoms with Gasteiger partial charge >= 0.3 is 0 Å². The zero-order chi connectivity index (χ0) is 13.4. The van der Waals surface area contributed by atoms with Crippen molar-refractivity contribution in [2.24, 2.45) is 0 Å². The fourth-order valence-electron chi connectivity index (χ4n) is 1.84. The molecule has 0 aliphatic rings. The number of nitrogens with zero attached hydrogens (tertiary/aromatic N) is 1. The Hall–Kier alpha value is -0.860. The lowest BCUT2D eigenvalue weighted by atomic mass is 10.1. The lowest BCUT2D eigenvalue weighted by Gasteiger charge is -2.26. The standard InChI is InChI=1S/C16H28N2/c1-5-14(2)17-13-15(3)18(4)12-11-16-9-7-6-8-10-16/h6-10,14-15,17H,5,11-13H2,1-4H3. The molecule has 18 heavy (non-hydrogen) atoms. The van der Waals surface area contributed by atoms with Crippen molar-refractivity contribution in [1.29, 1.82) is 0 Å². The average Bonchev–Trinajstić information content (AvgIpc) is 2.42. The van der Waals surface area contributed by atoms with E-state index in [1.807, 2.05) is 0 Å². The first-order valence-electron chi connectivity index (χ1n) is 7.11. The van der Waals surface area contributed by atoms with Crippen molar-refractivity contribution in [3.8, 4) is 0 Å². The summed E-state index contributed by atoms with van der Waals surface area (Å²) in [5.74, 6) is 0. The number of rotatable bonds is 8. The van der Waals surface area contributed by atoms with E-state index in [0.717, 1.165) is 19.5 Å². The third-order valence-electron chi connectivity index (χ3n) is 3.72. The van der Waals surface area contributed by atoms with E-state index in [2.05, 4.69) is 68.4 Å². The van der Waals surface area contributed by atoms with Crippen LogP contribution in [0.5, 0.6) is 0 Å². The summed E-state index contributed by atoms with van der Waals surface area (Å²) in [6, 6.07) is 11.9. The minimum atomic E-state index is 0.586. The van der Waals surface area contributed by atoms with E-state index in [0.29, 0.717) is 12.1 Å². The molecule has 0 fully saturated rings. The second-order valence-electron chi connectivity index (χ2n) is 5.28. The third kappa shape index (κ3) is 5.65. The third-order valence-corrected chi connectivity index (χ3v) is 3.72. The van der Waals surface area contributed by atoms with Crippen LogP contribution in [0.25, 0.3) is 0 Å². The topological polar surface area (TPSA) is 15.3 Å². The zero-order valence-electron chi connectivity index (χ0n) is 12.3. The summed E-state index contributed by atoms with van der Waals surface area (Å²) in [6.45, 7) is 8.95. The first-order chi connectivity index (χ1) is 8.63. The molecule has 0 aliphatic heterocycles. The van der Waals surface area contributed by atoms with Crippen LogP contribution in [0.4, 0.5) is 0 Å². The first kappa shape index (κ1) is 15.2. The molecule has 2 heteroatoms. The summed E-state index contributed by atoms with van der Waals surface area (Å²) >= 11 is 0. The molecule has 2 unspecified atom stereocenters. The van der Waals surface area contributed by atoms with Gasteiger partial charge in [-0.1, -0.05) is 37.3 Å². The fourth-order valence-corrected chi connectivity index (χ4v) is 1.84. The van der Waals surface area contributed by atoms with Crippen LogP contribution in [-0.2, 0) is 6.42 Å².